The van der Waals surface area contributed by atoms with Crippen LogP contribution in [0.3, 0.4) is 0 Å². The van der Waals surface area contributed by atoms with E-state index in [4.69, 9.17) is 0 Å². The lowest BCUT2D eigenvalue weighted by atomic mass is 9.87. The molecule has 2 N–H and O–H groups in total. The third kappa shape index (κ3) is 5.13. The van der Waals surface area contributed by atoms with Gasteiger partial charge in [-0.25, -0.2) is 8.42 Å². The Morgan fingerprint density at radius 3 is 2.29 bits per heavy atom. The SMILES string of the molecule is Cc1ccc(C(NC(=O)C(C)C2CNC2)c2cccc(S(C)(=O)=O)c2)cc1.Cl. The van der Waals surface area contributed by atoms with E-state index in [1.807, 2.05) is 44.2 Å². The molecule has 1 fully saturated rings. The molecule has 0 spiro atoms. The molecule has 1 aliphatic rings. The van der Waals surface area contributed by atoms with Crippen LogP contribution in [0.15, 0.2) is 53.4 Å². The van der Waals surface area contributed by atoms with Crippen LogP contribution in [-0.2, 0) is 14.6 Å². The predicted molar refractivity (Wildman–Crippen MR) is 113 cm³/mol. The van der Waals surface area contributed by atoms with Crippen molar-refractivity contribution in [2.75, 3.05) is 19.3 Å². The maximum absolute atomic E-state index is 12.8. The number of carbonyl (C=O) groups excluding carboxylic acids is 1. The number of sulfone groups is 1. The summed E-state index contributed by atoms with van der Waals surface area (Å²) in [6.45, 7) is 5.66. The van der Waals surface area contributed by atoms with Gasteiger partial charge in [0, 0.05) is 12.2 Å². The molecule has 2 unspecified atom stereocenters. The maximum atomic E-state index is 12.8. The summed E-state index contributed by atoms with van der Waals surface area (Å²) in [6, 6.07) is 14.3. The highest BCUT2D eigenvalue weighted by molar-refractivity contribution is 7.90. The van der Waals surface area contributed by atoms with Gasteiger partial charge in [-0.3, -0.25) is 4.79 Å². The lowest BCUT2D eigenvalue weighted by Gasteiger charge is -2.33. The van der Waals surface area contributed by atoms with E-state index >= 15 is 0 Å². The Morgan fingerprint density at radius 2 is 1.75 bits per heavy atom. The van der Waals surface area contributed by atoms with Crippen LogP contribution in [0, 0.1) is 18.8 Å². The fourth-order valence-electron chi connectivity index (χ4n) is 3.20. The van der Waals surface area contributed by atoms with E-state index in [1.165, 1.54) is 6.26 Å². The summed E-state index contributed by atoms with van der Waals surface area (Å²) in [6.07, 6.45) is 1.19. The fourth-order valence-corrected chi connectivity index (χ4v) is 3.87. The van der Waals surface area contributed by atoms with Crippen molar-refractivity contribution in [2.24, 2.45) is 11.8 Å². The number of benzene rings is 2. The van der Waals surface area contributed by atoms with Crippen LogP contribution in [-0.4, -0.2) is 33.7 Å². The molecular formula is C21H27ClN2O3S. The van der Waals surface area contributed by atoms with E-state index in [-0.39, 0.29) is 29.1 Å². The lowest BCUT2D eigenvalue weighted by molar-refractivity contribution is -0.127. The molecule has 1 heterocycles. The van der Waals surface area contributed by atoms with E-state index in [0.29, 0.717) is 5.92 Å². The summed E-state index contributed by atoms with van der Waals surface area (Å²) >= 11 is 0. The number of halogens is 1. The Bertz CT molecular complexity index is 925. The van der Waals surface area contributed by atoms with Gasteiger partial charge >= 0.3 is 0 Å². The second-order valence-corrected chi connectivity index (χ2v) is 9.42. The topological polar surface area (TPSA) is 75.3 Å². The minimum atomic E-state index is -3.32. The highest BCUT2D eigenvalue weighted by atomic mass is 35.5. The maximum Gasteiger partial charge on any atom is 0.223 e. The predicted octanol–water partition coefficient (Wildman–Crippen LogP) is 2.88. The van der Waals surface area contributed by atoms with E-state index in [2.05, 4.69) is 10.6 Å². The first-order valence-corrected chi connectivity index (χ1v) is 11.0. The van der Waals surface area contributed by atoms with Crippen LogP contribution in [0.1, 0.15) is 29.7 Å². The molecule has 1 aliphatic heterocycles. The van der Waals surface area contributed by atoms with E-state index in [0.717, 1.165) is 29.8 Å². The fraction of sp³-hybridized carbons (Fsp3) is 0.381. The van der Waals surface area contributed by atoms with Gasteiger partial charge in [0.2, 0.25) is 5.91 Å². The van der Waals surface area contributed by atoms with Gasteiger partial charge in [-0.1, -0.05) is 48.9 Å². The van der Waals surface area contributed by atoms with E-state index in [9.17, 15) is 13.2 Å². The van der Waals surface area contributed by atoms with Crippen LogP contribution >= 0.6 is 12.4 Å². The summed E-state index contributed by atoms with van der Waals surface area (Å²) in [7, 11) is -3.32. The van der Waals surface area contributed by atoms with E-state index < -0.39 is 15.9 Å². The van der Waals surface area contributed by atoms with Crippen molar-refractivity contribution in [1.29, 1.82) is 0 Å². The Kier molecular flexibility index (Phi) is 7.26. The molecule has 1 saturated heterocycles. The van der Waals surface area contributed by atoms with Gasteiger partial charge in [0.1, 0.15) is 0 Å². The number of amides is 1. The quantitative estimate of drug-likeness (QED) is 0.750. The number of nitrogens with one attached hydrogen (secondary N) is 2. The standard InChI is InChI=1S/C21H26N2O3S.ClH/c1-14-7-9-16(10-8-14)20(23-21(24)15(2)18-12-22-13-18)17-5-4-6-19(11-17)27(3,25)26;/h4-11,15,18,20,22H,12-13H2,1-3H3,(H,23,24);1H. The Labute approximate surface area is 173 Å². The summed E-state index contributed by atoms with van der Waals surface area (Å²) in [5.41, 5.74) is 2.82. The van der Waals surface area contributed by atoms with Crippen molar-refractivity contribution < 1.29 is 13.2 Å². The molecule has 152 valence electrons. The third-order valence-corrected chi connectivity index (χ3v) is 6.36. The van der Waals surface area contributed by atoms with Gasteiger partial charge in [0.05, 0.1) is 10.9 Å². The molecule has 0 bridgehead atoms. The highest BCUT2D eigenvalue weighted by Gasteiger charge is 2.30. The monoisotopic (exact) mass is 422 g/mol. The first kappa shape index (κ1) is 22.4. The second kappa shape index (κ2) is 9.07. The van der Waals surface area contributed by atoms with Crippen molar-refractivity contribution in [3.63, 3.8) is 0 Å². The van der Waals surface area contributed by atoms with Crippen molar-refractivity contribution in [1.82, 2.24) is 10.6 Å². The van der Waals surface area contributed by atoms with Crippen molar-refractivity contribution in [3.05, 3.63) is 65.2 Å². The van der Waals surface area contributed by atoms with Gasteiger partial charge in [-0.2, -0.15) is 0 Å². The zero-order chi connectivity index (χ0) is 19.6. The zero-order valence-corrected chi connectivity index (χ0v) is 17.9. The van der Waals surface area contributed by atoms with Crippen LogP contribution in [0.2, 0.25) is 0 Å². The van der Waals surface area contributed by atoms with Gasteiger partial charge in [0.15, 0.2) is 9.84 Å². The van der Waals surface area contributed by atoms with Crippen LogP contribution in [0.4, 0.5) is 0 Å². The third-order valence-electron chi connectivity index (χ3n) is 5.25. The molecule has 0 aliphatic carbocycles. The smallest absolute Gasteiger partial charge is 0.223 e. The highest BCUT2D eigenvalue weighted by Crippen LogP contribution is 2.26. The first-order chi connectivity index (χ1) is 12.8. The average molecular weight is 423 g/mol. The zero-order valence-electron chi connectivity index (χ0n) is 16.3. The lowest BCUT2D eigenvalue weighted by Crippen LogP contribution is -2.50. The molecule has 1 amide bonds. The van der Waals surface area contributed by atoms with E-state index in [1.54, 1.807) is 18.2 Å². The number of rotatable bonds is 6. The largest absolute Gasteiger partial charge is 0.345 e. The Hall–Kier alpha value is -1.89. The van der Waals surface area contributed by atoms with Crippen LogP contribution < -0.4 is 10.6 Å². The van der Waals surface area contributed by atoms with Gasteiger partial charge in [-0.05, 0) is 49.2 Å². The number of hydrogen-bond donors (Lipinski definition) is 2. The summed E-state index contributed by atoms with van der Waals surface area (Å²) in [5.74, 6) is 0.222. The van der Waals surface area contributed by atoms with Crippen LogP contribution in [0.25, 0.3) is 0 Å². The Morgan fingerprint density at radius 1 is 1.11 bits per heavy atom. The first-order valence-electron chi connectivity index (χ1n) is 9.13. The average Bonchev–Trinajstić information content (AvgIpc) is 2.58. The summed E-state index contributed by atoms with van der Waals surface area (Å²) < 4.78 is 23.9. The molecule has 2 aromatic rings. The number of aryl methyl sites for hydroxylation is 1. The number of hydrogen-bond acceptors (Lipinski definition) is 4. The minimum absolute atomic E-state index is 0. The molecule has 3 rings (SSSR count). The molecule has 0 aromatic heterocycles. The molecule has 2 aromatic carbocycles. The molecule has 5 nitrogen and oxygen atoms in total. The molecular weight excluding hydrogens is 396 g/mol. The van der Waals surface area contributed by atoms with Crippen molar-refractivity contribution >= 4 is 28.2 Å². The van der Waals surface area contributed by atoms with Gasteiger partial charge < -0.3 is 10.6 Å². The molecule has 28 heavy (non-hydrogen) atoms. The minimum Gasteiger partial charge on any atom is -0.345 e. The molecule has 0 saturated carbocycles. The van der Waals surface area contributed by atoms with Crippen LogP contribution in [0.5, 0.6) is 0 Å². The molecule has 7 heteroatoms. The van der Waals surface area contributed by atoms with Crippen molar-refractivity contribution in [3.8, 4) is 0 Å². The normalized spacial score (nSPS) is 16.4. The molecule has 2 atom stereocenters. The number of carbonyl (C=O) groups is 1. The Balaban J connectivity index is 0.00000280. The van der Waals surface area contributed by atoms with Crippen molar-refractivity contribution in [2.45, 2.75) is 24.8 Å². The van der Waals surface area contributed by atoms with Gasteiger partial charge in [0.25, 0.3) is 0 Å². The van der Waals surface area contributed by atoms with Gasteiger partial charge in [-0.15, -0.1) is 12.4 Å². The second-order valence-electron chi connectivity index (χ2n) is 7.40. The summed E-state index contributed by atoms with van der Waals surface area (Å²) in [5, 5.41) is 6.33. The molecule has 0 radical (unpaired) electrons. The summed E-state index contributed by atoms with van der Waals surface area (Å²) in [4.78, 5) is 13.1.